The summed E-state index contributed by atoms with van der Waals surface area (Å²) in [7, 11) is 0. The van der Waals surface area contributed by atoms with Gasteiger partial charge in [0, 0.05) is 17.9 Å². The monoisotopic (exact) mass is 307 g/mol. The zero-order valence-corrected chi connectivity index (χ0v) is 13.0. The van der Waals surface area contributed by atoms with Crippen LogP contribution in [0.15, 0.2) is 35.5 Å². The normalized spacial score (nSPS) is 9.95. The summed E-state index contributed by atoms with van der Waals surface area (Å²) in [6.45, 7) is 6.47. The fraction of sp³-hybridized carbons (Fsp3) is 0.375. The molecule has 0 aromatic heterocycles. The van der Waals surface area contributed by atoms with Gasteiger partial charge in [-0.3, -0.25) is 0 Å². The number of hydrogen-bond acceptors (Lipinski definition) is 4. The summed E-state index contributed by atoms with van der Waals surface area (Å²) in [6.07, 6.45) is 0.301. The fourth-order valence-electron chi connectivity index (χ4n) is 2.26. The maximum Gasteiger partial charge on any atom is 0.344 e. The number of rotatable bonds is 8. The molecule has 1 aromatic rings. The Balaban J connectivity index is 3.29. The Morgan fingerprint density at radius 1 is 1.05 bits per heavy atom. The number of hydrogen-bond donors (Lipinski definition) is 2. The first-order chi connectivity index (χ1) is 10.5. The van der Waals surface area contributed by atoms with E-state index in [4.69, 9.17) is 14.9 Å². The fourth-order valence-corrected chi connectivity index (χ4v) is 2.26. The van der Waals surface area contributed by atoms with Gasteiger partial charge in [0.15, 0.2) is 5.57 Å². The van der Waals surface area contributed by atoms with E-state index in [0.29, 0.717) is 25.3 Å². The number of aliphatic carboxylic acids is 2. The molecule has 0 unspecified atom stereocenters. The zero-order valence-electron chi connectivity index (χ0n) is 13.0. The highest BCUT2D eigenvalue weighted by Crippen LogP contribution is 2.26. The predicted octanol–water partition coefficient (Wildman–Crippen LogP) is 2.74. The van der Waals surface area contributed by atoms with Crippen LogP contribution in [-0.4, -0.2) is 35.3 Å². The highest BCUT2D eigenvalue weighted by Gasteiger charge is 2.25. The van der Waals surface area contributed by atoms with Crippen molar-refractivity contribution in [2.75, 3.05) is 18.1 Å². The smallest absolute Gasteiger partial charge is 0.344 e. The van der Waals surface area contributed by atoms with Gasteiger partial charge in [-0.15, -0.1) is 0 Å². The molecule has 0 aliphatic carbocycles. The molecular formula is C16H21NO5. The number of nitrogens with zero attached hydrogens (tertiary/aromatic N) is 1. The van der Waals surface area contributed by atoms with Gasteiger partial charge in [0.05, 0.1) is 6.61 Å². The Morgan fingerprint density at radius 3 is 1.95 bits per heavy atom. The van der Waals surface area contributed by atoms with Crippen LogP contribution >= 0.6 is 0 Å². The van der Waals surface area contributed by atoms with Gasteiger partial charge in [0.2, 0.25) is 0 Å². The van der Waals surface area contributed by atoms with Gasteiger partial charge in [-0.2, -0.15) is 0 Å². The van der Waals surface area contributed by atoms with Crippen LogP contribution in [-0.2, 0) is 9.59 Å². The minimum absolute atomic E-state index is 0.270. The van der Waals surface area contributed by atoms with Crippen LogP contribution < -0.4 is 9.64 Å². The predicted molar refractivity (Wildman–Crippen MR) is 83.2 cm³/mol. The molecule has 22 heavy (non-hydrogen) atoms. The van der Waals surface area contributed by atoms with Crippen LogP contribution in [0.5, 0.6) is 5.75 Å². The SMILES string of the molecule is CCOc1ccc(N(CC)C(CC)=C(C(=O)O)C(=O)O)cc1. The van der Waals surface area contributed by atoms with Crippen molar-refractivity contribution in [2.24, 2.45) is 0 Å². The first-order valence-corrected chi connectivity index (χ1v) is 7.16. The maximum absolute atomic E-state index is 11.2. The van der Waals surface area contributed by atoms with E-state index in [-0.39, 0.29) is 5.70 Å². The second-order valence-electron chi connectivity index (χ2n) is 4.46. The van der Waals surface area contributed by atoms with Crippen LogP contribution in [0, 0.1) is 0 Å². The maximum atomic E-state index is 11.2. The average molecular weight is 307 g/mol. The van der Waals surface area contributed by atoms with Crippen LogP contribution in [0.3, 0.4) is 0 Å². The van der Waals surface area contributed by atoms with E-state index in [1.165, 1.54) is 0 Å². The third-order valence-corrected chi connectivity index (χ3v) is 3.15. The lowest BCUT2D eigenvalue weighted by atomic mass is 10.1. The molecule has 0 radical (unpaired) electrons. The Hall–Kier alpha value is -2.50. The van der Waals surface area contributed by atoms with Gasteiger partial charge in [-0.1, -0.05) is 6.92 Å². The first kappa shape index (κ1) is 17.6. The quantitative estimate of drug-likeness (QED) is 0.436. The molecule has 0 heterocycles. The van der Waals surface area contributed by atoms with Gasteiger partial charge < -0.3 is 19.8 Å². The third-order valence-electron chi connectivity index (χ3n) is 3.15. The second kappa shape index (κ2) is 8.07. The average Bonchev–Trinajstić information content (AvgIpc) is 2.48. The van der Waals surface area contributed by atoms with Crippen molar-refractivity contribution in [3.8, 4) is 5.75 Å². The van der Waals surface area contributed by atoms with Crippen molar-refractivity contribution < 1.29 is 24.5 Å². The molecule has 6 heteroatoms. The molecule has 120 valence electrons. The topological polar surface area (TPSA) is 87.1 Å². The minimum atomic E-state index is -1.44. The van der Waals surface area contributed by atoms with Crippen molar-refractivity contribution in [3.05, 3.63) is 35.5 Å². The number of carbonyl (C=O) groups is 2. The lowest BCUT2D eigenvalue weighted by Gasteiger charge is -2.26. The van der Waals surface area contributed by atoms with Crippen molar-refractivity contribution in [3.63, 3.8) is 0 Å². The number of carboxylic acids is 2. The summed E-state index contributed by atoms with van der Waals surface area (Å²) in [5.74, 6) is -2.16. The molecule has 2 N–H and O–H groups in total. The molecule has 0 saturated carbocycles. The van der Waals surface area contributed by atoms with Gasteiger partial charge in [-0.25, -0.2) is 9.59 Å². The van der Waals surface area contributed by atoms with Gasteiger partial charge in [0.25, 0.3) is 0 Å². The summed E-state index contributed by atoms with van der Waals surface area (Å²) < 4.78 is 5.37. The van der Waals surface area contributed by atoms with E-state index in [1.54, 1.807) is 36.1 Å². The van der Waals surface area contributed by atoms with Gasteiger partial charge >= 0.3 is 11.9 Å². The third kappa shape index (κ3) is 4.00. The second-order valence-corrected chi connectivity index (χ2v) is 4.46. The molecule has 0 aliphatic heterocycles. The molecule has 1 rings (SSSR count). The van der Waals surface area contributed by atoms with Gasteiger partial charge in [-0.05, 0) is 44.5 Å². The van der Waals surface area contributed by atoms with Gasteiger partial charge in [0.1, 0.15) is 5.75 Å². The Kier molecular flexibility index (Phi) is 6.44. The highest BCUT2D eigenvalue weighted by atomic mass is 16.5. The molecule has 0 aliphatic rings. The molecule has 0 spiro atoms. The molecule has 0 fully saturated rings. The van der Waals surface area contributed by atoms with E-state index in [1.807, 2.05) is 13.8 Å². The molecular weight excluding hydrogens is 286 g/mol. The van der Waals surface area contributed by atoms with E-state index in [9.17, 15) is 9.59 Å². The van der Waals surface area contributed by atoms with Crippen LogP contribution in [0.2, 0.25) is 0 Å². The molecule has 1 aromatic carbocycles. The van der Waals surface area contributed by atoms with Crippen LogP contribution in [0.4, 0.5) is 5.69 Å². The van der Waals surface area contributed by atoms with Crippen LogP contribution in [0.1, 0.15) is 27.2 Å². The zero-order chi connectivity index (χ0) is 16.7. The summed E-state index contributed by atoms with van der Waals surface area (Å²) in [4.78, 5) is 24.2. The summed E-state index contributed by atoms with van der Waals surface area (Å²) in [5.41, 5.74) is 0.396. The number of ether oxygens (including phenoxy) is 1. The molecule has 0 saturated heterocycles. The summed E-state index contributed by atoms with van der Waals surface area (Å²) in [6, 6.07) is 7.11. The first-order valence-electron chi connectivity index (χ1n) is 7.16. The summed E-state index contributed by atoms with van der Waals surface area (Å²) in [5, 5.41) is 18.3. The van der Waals surface area contributed by atoms with E-state index >= 15 is 0 Å². The van der Waals surface area contributed by atoms with E-state index in [0.717, 1.165) is 5.69 Å². The van der Waals surface area contributed by atoms with Crippen molar-refractivity contribution in [1.29, 1.82) is 0 Å². The van der Waals surface area contributed by atoms with Crippen molar-refractivity contribution in [1.82, 2.24) is 0 Å². The number of carboxylic acid groups (broad SMARTS) is 2. The Morgan fingerprint density at radius 2 is 1.59 bits per heavy atom. The molecule has 0 amide bonds. The number of benzene rings is 1. The Labute approximate surface area is 129 Å². The van der Waals surface area contributed by atoms with Crippen LogP contribution in [0.25, 0.3) is 0 Å². The Bertz CT molecular complexity index is 546. The van der Waals surface area contributed by atoms with Crippen molar-refractivity contribution >= 4 is 17.6 Å². The largest absolute Gasteiger partial charge is 0.494 e. The highest BCUT2D eigenvalue weighted by molar-refractivity contribution is 6.13. The van der Waals surface area contributed by atoms with E-state index in [2.05, 4.69) is 0 Å². The molecule has 0 bridgehead atoms. The molecule has 0 atom stereocenters. The lowest BCUT2D eigenvalue weighted by Crippen LogP contribution is -2.27. The summed E-state index contributed by atoms with van der Waals surface area (Å²) >= 11 is 0. The lowest BCUT2D eigenvalue weighted by molar-refractivity contribution is -0.140. The number of anilines is 1. The van der Waals surface area contributed by atoms with E-state index < -0.39 is 17.5 Å². The van der Waals surface area contributed by atoms with Crippen molar-refractivity contribution in [2.45, 2.75) is 27.2 Å². The molecule has 6 nitrogen and oxygen atoms in total. The number of allylic oxidation sites excluding steroid dienone is 1. The minimum Gasteiger partial charge on any atom is -0.494 e. The standard InChI is InChI=1S/C16H21NO5/c1-4-13(14(15(18)19)16(20)21)17(5-2)11-7-9-12(10-8-11)22-6-3/h7-10H,4-6H2,1-3H3,(H,18,19)(H,20,21).